The Bertz CT molecular complexity index is 710. The first-order chi connectivity index (χ1) is 10.0. The number of carbonyl (C=O) groups excluding carboxylic acids is 1. The minimum atomic E-state index is -0.204. The van der Waals surface area contributed by atoms with Crippen molar-refractivity contribution in [3.8, 4) is 11.8 Å². The molecule has 0 fully saturated rings. The van der Waals surface area contributed by atoms with Crippen LogP contribution < -0.4 is 10.1 Å². The van der Waals surface area contributed by atoms with Gasteiger partial charge in [0, 0.05) is 11.6 Å². The van der Waals surface area contributed by atoms with Gasteiger partial charge in [-0.25, -0.2) is 0 Å². The summed E-state index contributed by atoms with van der Waals surface area (Å²) in [4.78, 5) is 12.3. The highest BCUT2D eigenvalue weighted by atomic mass is 16.5. The molecule has 1 amide bonds. The number of rotatable bonds is 3. The third kappa shape index (κ3) is 3.40. The lowest BCUT2D eigenvalue weighted by molar-refractivity contribution is 0.102. The zero-order chi connectivity index (χ0) is 15.4. The number of carbonyl (C=O) groups is 1. The second-order valence-electron chi connectivity index (χ2n) is 4.86. The van der Waals surface area contributed by atoms with Crippen molar-refractivity contribution in [2.24, 2.45) is 0 Å². The van der Waals surface area contributed by atoms with Gasteiger partial charge in [0.05, 0.1) is 24.4 Å². The fraction of sp³-hybridized carbons (Fsp3) is 0.176. The Morgan fingerprint density at radius 2 is 1.81 bits per heavy atom. The molecule has 4 nitrogen and oxygen atoms in total. The highest BCUT2D eigenvalue weighted by Crippen LogP contribution is 2.26. The zero-order valence-electron chi connectivity index (χ0n) is 12.2. The second-order valence-corrected chi connectivity index (χ2v) is 4.86. The van der Waals surface area contributed by atoms with Crippen LogP contribution in [0.15, 0.2) is 36.4 Å². The van der Waals surface area contributed by atoms with Crippen LogP contribution in [0.25, 0.3) is 0 Å². The summed E-state index contributed by atoms with van der Waals surface area (Å²) in [5.74, 6) is 0.261. The van der Waals surface area contributed by atoms with Crippen LogP contribution in [-0.2, 0) is 0 Å². The molecule has 0 radical (unpaired) electrons. The van der Waals surface area contributed by atoms with Gasteiger partial charge in [-0.05, 0) is 38.1 Å². The Labute approximate surface area is 124 Å². The number of methoxy groups -OCH3 is 1. The van der Waals surface area contributed by atoms with Crippen LogP contribution in [0.2, 0.25) is 0 Å². The van der Waals surface area contributed by atoms with E-state index in [1.165, 1.54) is 7.11 Å². The first-order valence-electron chi connectivity index (χ1n) is 6.51. The summed E-state index contributed by atoms with van der Waals surface area (Å²) in [5.41, 5.74) is 3.69. The van der Waals surface area contributed by atoms with E-state index in [0.717, 1.165) is 11.1 Å². The molecule has 0 heterocycles. The van der Waals surface area contributed by atoms with Crippen LogP contribution in [0.3, 0.4) is 0 Å². The Morgan fingerprint density at radius 1 is 1.14 bits per heavy atom. The summed E-state index contributed by atoms with van der Waals surface area (Å²) >= 11 is 0. The van der Waals surface area contributed by atoms with Gasteiger partial charge in [0.15, 0.2) is 0 Å². The first-order valence-corrected chi connectivity index (χ1v) is 6.51. The van der Waals surface area contributed by atoms with Gasteiger partial charge < -0.3 is 10.1 Å². The fourth-order valence-corrected chi connectivity index (χ4v) is 2.16. The summed E-state index contributed by atoms with van der Waals surface area (Å²) in [6.07, 6.45) is 0. The fourth-order valence-electron chi connectivity index (χ4n) is 2.16. The highest BCUT2D eigenvalue weighted by Gasteiger charge is 2.11. The van der Waals surface area contributed by atoms with Gasteiger partial charge >= 0.3 is 0 Å². The van der Waals surface area contributed by atoms with Crippen LogP contribution in [0.4, 0.5) is 5.69 Å². The molecule has 0 spiro atoms. The topological polar surface area (TPSA) is 62.1 Å². The van der Waals surface area contributed by atoms with Gasteiger partial charge in [0.2, 0.25) is 0 Å². The number of nitrogens with zero attached hydrogens (tertiary/aromatic N) is 1. The lowest BCUT2D eigenvalue weighted by Crippen LogP contribution is -2.13. The maximum atomic E-state index is 12.3. The van der Waals surface area contributed by atoms with Gasteiger partial charge in [-0.1, -0.05) is 17.2 Å². The zero-order valence-corrected chi connectivity index (χ0v) is 12.2. The Hall–Kier alpha value is -2.80. The molecule has 4 heteroatoms. The van der Waals surface area contributed by atoms with Gasteiger partial charge in [0.1, 0.15) is 5.75 Å². The van der Waals surface area contributed by atoms with E-state index < -0.39 is 0 Å². The van der Waals surface area contributed by atoms with E-state index in [2.05, 4.69) is 5.32 Å². The molecule has 0 saturated heterocycles. The number of amides is 1. The molecule has 0 bridgehead atoms. The summed E-state index contributed by atoms with van der Waals surface area (Å²) < 4.78 is 5.21. The number of nitrogens with one attached hydrogen (secondary N) is 1. The number of aryl methyl sites for hydroxylation is 2. The number of benzene rings is 2. The summed E-state index contributed by atoms with van der Waals surface area (Å²) in [6, 6.07) is 12.6. The monoisotopic (exact) mass is 280 g/mol. The smallest absolute Gasteiger partial charge is 0.255 e. The van der Waals surface area contributed by atoms with Crippen molar-refractivity contribution in [1.82, 2.24) is 0 Å². The predicted molar refractivity (Wildman–Crippen MR) is 81.6 cm³/mol. The maximum absolute atomic E-state index is 12.3. The summed E-state index contributed by atoms with van der Waals surface area (Å²) in [5, 5.41) is 11.7. The van der Waals surface area contributed by atoms with E-state index in [-0.39, 0.29) is 5.91 Å². The van der Waals surface area contributed by atoms with Crippen LogP contribution >= 0.6 is 0 Å². The predicted octanol–water partition coefficient (Wildman–Crippen LogP) is 3.44. The molecule has 0 aliphatic rings. The Kier molecular flexibility index (Phi) is 4.24. The lowest BCUT2D eigenvalue weighted by Gasteiger charge is -2.11. The molecule has 0 atom stereocenters. The van der Waals surface area contributed by atoms with Crippen molar-refractivity contribution in [2.75, 3.05) is 12.4 Å². The van der Waals surface area contributed by atoms with Crippen LogP contribution in [0.1, 0.15) is 27.0 Å². The molecule has 2 aromatic carbocycles. The molecule has 21 heavy (non-hydrogen) atoms. The molecular weight excluding hydrogens is 264 g/mol. The van der Waals surface area contributed by atoms with Crippen molar-refractivity contribution in [3.05, 3.63) is 58.7 Å². The van der Waals surface area contributed by atoms with Gasteiger partial charge in [-0.2, -0.15) is 5.26 Å². The molecule has 2 aromatic rings. The van der Waals surface area contributed by atoms with Crippen molar-refractivity contribution in [2.45, 2.75) is 13.8 Å². The molecule has 0 aliphatic carbocycles. The summed E-state index contributed by atoms with van der Waals surface area (Å²) in [7, 11) is 1.50. The molecule has 0 aliphatic heterocycles. The van der Waals surface area contributed by atoms with E-state index in [9.17, 15) is 4.79 Å². The third-order valence-electron chi connectivity index (χ3n) is 3.06. The number of nitriles is 1. The lowest BCUT2D eigenvalue weighted by atomic mass is 10.1. The number of hydrogen-bond acceptors (Lipinski definition) is 3. The average molecular weight is 280 g/mol. The minimum absolute atomic E-state index is 0.204. The maximum Gasteiger partial charge on any atom is 0.255 e. The third-order valence-corrected chi connectivity index (χ3v) is 3.06. The van der Waals surface area contributed by atoms with E-state index in [0.29, 0.717) is 22.6 Å². The van der Waals surface area contributed by atoms with E-state index in [1.807, 2.05) is 38.1 Å². The molecule has 106 valence electrons. The SMILES string of the molecule is COc1cc(C#N)ccc1NC(=O)c1cc(C)cc(C)c1. The quantitative estimate of drug-likeness (QED) is 0.936. The summed E-state index contributed by atoms with van der Waals surface area (Å²) in [6.45, 7) is 3.90. The molecule has 0 aromatic heterocycles. The van der Waals surface area contributed by atoms with Crippen LogP contribution in [-0.4, -0.2) is 13.0 Å². The van der Waals surface area contributed by atoms with Crippen molar-refractivity contribution in [3.63, 3.8) is 0 Å². The van der Waals surface area contributed by atoms with Gasteiger partial charge in [0.25, 0.3) is 5.91 Å². The second kappa shape index (κ2) is 6.10. The molecule has 1 N–H and O–H groups in total. The highest BCUT2D eigenvalue weighted by molar-refractivity contribution is 6.05. The normalized spacial score (nSPS) is 9.81. The Morgan fingerprint density at radius 3 is 2.38 bits per heavy atom. The first kappa shape index (κ1) is 14.6. The van der Waals surface area contributed by atoms with Gasteiger partial charge in [-0.15, -0.1) is 0 Å². The average Bonchev–Trinajstić information content (AvgIpc) is 2.46. The van der Waals surface area contributed by atoms with Crippen LogP contribution in [0.5, 0.6) is 5.75 Å². The van der Waals surface area contributed by atoms with E-state index >= 15 is 0 Å². The van der Waals surface area contributed by atoms with E-state index in [1.54, 1.807) is 18.2 Å². The van der Waals surface area contributed by atoms with Crippen LogP contribution in [0, 0.1) is 25.2 Å². The van der Waals surface area contributed by atoms with Crippen molar-refractivity contribution >= 4 is 11.6 Å². The van der Waals surface area contributed by atoms with Gasteiger partial charge in [-0.3, -0.25) is 4.79 Å². The minimum Gasteiger partial charge on any atom is -0.495 e. The number of ether oxygens (including phenoxy) is 1. The number of anilines is 1. The molecule has 0 saturated carbocycles. The Balaban J connectivity index is 2.29. The van der Waals surface area contributed by atoms with Crippen molar-refractivity contribution < 1.29 is 9.53 Å². The van der Waals surface area contributed by atoms with Crippen molar-refractivity contribution in [1.29, 1.82) is 5.26 Å². The molecule has 2 rings (SSSR count). The standard InChI is InChI=1S/C17H16N2O2/c1-11-6-12(2)8-14(7-11)17(20)19-15-5-4-13(10-18)9-16(15)21-3/h4-9H,1-3H3,(H,19,20). The largest absolute Gasteiger partial charge is 0.495 e. The molecule has 0 unspecified atom stereocenters. The molecular formula is C17H16N2O2. The van der Waals surface area contributed by atoms with E-state index in [4.69, 9.17) is 10.00 Å². The number of hydrogen-bond donors (Lipinski definition) is 1.